The van der Waals surface area contributed by atoms with Crippen LogP contribution in [-0.4, -0.2) is 52.6 Å². The number of amides is 1. The van der Waals surface area contributed by atoms with Crippen molar-refractivity contribution in [1.29, 1.82) is 0 Å². The fraction of sp³-hybridized carbons (Fsp3) is 0.471. The summed E-state index contributed by atoms with van der Waals surface area (Å²) in [6, 6.07) is 5.19. The molecule has 0 atom stereocenters. The number of halogens is 2. The van der Waals surface area contributed by atoms with Crippen LogP contribution in [0.25, 0.3) is 0 Å². The number of nitrogens with zero attached hydrogens (tertiary/aromatic N) is 1. The van der Waals surface area contributed by atoms with Crippen LogP contribution in [0.15, 0.2) is 18.2 Å². The van der Waals surface area contributed by atoms with Gasteiger partial charge in [0.1, 0.15) is 0 Å². The van der Waals surface area contributed by atoms with Gasteiger partial charge in [0.05, 0.1) is 15.7 Å². The fourth-order valence-corrected chi connectivity index (χ4v) is 2.86. The molecule has 0 spiro atoms. The van der Waals surface area contributed by atoms with Gasteiger partial charge in [0.2, 0.25) is 5.91 Å². The highest BCUT2D eigenvalue weighted by molar-refractivity contribution is 6.39. The van der Waals surface area contributed by atoms with E-state index < -0.39 is 11.9 Å². The minimum atomic E-state index is -1.82. The number of nitrogens with one attached hydrogen (secondary N) is 1. The summed E-state index contributed by atoms with van der Waals surface area (Å²) < 4.78 is 0. The van der Waals surface area contributed by atoms with Crippen LogP contribution in [0.4, 0.5) is 5.69 Å². The highest BCUT2D eigenvalue weighted by Crippen LogP contribution is 2.29. The second-order valence-corrected chi connectivity index (χ2v) is 6.84. The highest BCUT2D eigenvalue weighted by atomic mass is 35.5. The third-order valence-electron chi connectivity index (χ3n) is 3.94. The lowest BCUT2D eigenvalue weighted by Gasteiger charge is -2.29. The standard InChI is InChI=1S/C15H20Cl2N2O.C2H2O4/c1-11-5-8-19(9-6-11)10-7-14(20)18-15-12(16)3-2-4-13(15)17;3-1(4)2(5)6/h2-4,11H,5-10H2,1H3,(H,18,20);(H,3,4)(H,5,6). The molecule has 9 heteroatoms. The van der Waals surface area contributed by atoms with Crippen LogP contribution >= 0.6 is 23.2 Å². The predicted octanol–water partition coefficient (Wildman–Crippen LogP) is 3.21. The number of hydrogen-bond donors (Lipinski definition) is 3. The number of piperidine rings is 1. The number of carbonyl (C=O) groups is 3. The Morgan fingerprint density at radius 1 is 1.12 bits per heavy atom. The lowest BCUT2D eigenvalue weighted by molar-refractivity contribution is -0.159. The number of rotatable bonds is 4. The Bertz CT molecular complexity index is 614. The van der Waals surface area contributed by atoms with Gasteiger partial charge in [-0.05, 0) is 44.0 Å². The number of carbonyl (C=O) groups excluding carboxylic acids is 1. The first kappa shape index (κ1) is 22.2. The van der Waals surface area contributed by atoms with Crippen molar-refractivity contribution < 1.29 is 24.6 Å². The Labute approximate surface area is 161 Å². The molecule has 1 aliphatic rings. The van der Waals surface area contributed by atoms with Crippen molar-refractivity contribution in [2.24, 2.45) is 5.92 Å². The average molecular weight is 405 g/mol. The molecule has 1 aromatic rings. The molecule has 0 saturated carbocycles. The molecule has 0 bridgehead atoms. The van der Waals surface area contributed by atoms with E-state index in [1.807, 2.05) is 0 Å². The van der Waals surface area contributed by atoms with Crippen molar-refractivity contribution in [3.8, 4) is 0 Å². The Kier molecular flexibility index (Phi) is 9.40. The fourth-order valence-electron chi connectivity index (χ4n) is 2.36. The van der Waals surface area contributed by atoms with E-state index in [2.05, 4.69) is 17.1 Å². The van der Waals surface area contributed by atoms with Gasteiger partial charge in [-0.15, -0.1) is 0 Å². The first-order valence-corrected chi connectivity index (χ1v) is 8.88. The van der Waals surface area contributed by atoms with Crippen LogP contribution in [0.3, 0.4) is 0 Å². The third-order valence-corrected chi connectivity index (χ3v) is 4.57. The third kappa shape index (κ3) is 8.03. The van der Waals surface area contributed by atoms with Crippen molar-refractivity contribution in [2.75, 3.05) is 25.0 Å². The first-order chi connectivity index (χ1) is 12.2. The molecule has 0 radical (unpaired) electrons. The SMILES string of the molecule is CC1CCN(CCC(=O)Nc2c(Cl)cccc2Cl)CC1.O=C(O)C(=O)O. The maximum atomic E-state index is 12.0. The molecule has 1 amide bonds. The summed E-state index contributed by atoms with van der Waals surface area (Å²) in [7, 11) is 0. The second-order valence-electron chi connectivity index (χ2n) is 6.03. The van der Waals surface area contributed by atoms with Crippen molar-refractivity contribution in [3.05, 3.63) is 28.2 Å². The second kappa shape index (κ2) is 11.0. The molecule has 0 unspecified atom stereocenters. The quantitative estimate of drug-likeness (QED) is 0.665. The minimum Gasteiger partial charge on any atom is -0.473 e. The zero-order chi connectivity index (χ0) is 19.7. The Hall–Kier alpha value is -1.83. The van der Waals surface area contributed by atoms with Gasteiger partial charge < -0.3 is 20.4 Å². The summed E-state index contributed by atoms with van der Waals surface area (Å²) in [6.07, 6.45) is 2.91. The van der Waals surface area contributed by atoms with E-state index in [4.69, 9.17) is 43.0 Å². The summed E-state index contributed by atoms with van der Waals surface area (Å²) >= 11 is 12.1. The average Bonchev–Trinajstić information content (AvgIpc) is 2.58. The van der Waals surface area contributed by atoms with E-state index in [1.165, 1.54) is 12.8 Å². The Morgan fingerprint density at radius 3 is 2.08 bits per heavy atom. The zero-order valence-corrected chi connectivity index (χ0v) is 15.9. The molecular formula is C17H22Cl2N2O5. The van der Waals surface area contributed by atoms with Gasteiger partial charge in [-0.3, -0.25) is 4.79 Å². The number of carboxylic acid groups (broad SMARTS) is 2. The van der Waals surface area contributed by atoms with Gasteiger partial charge in [-0.25, -0.2) is 9.59 Å². The smallest absolute Gasteiger partial charge is 0.414 e. The van der Waals surface area contributed by atoms with Crippen LogP contribution in [0, 0.1) is 5.92 Å². The molecule has 1 saturated heterocycles. The molecule has 1 fully saturated rings. The van der Waals surface area contributed by atoms with Crippen LogP contribution in [0.5, 0.6) is 0 Å². The van der Waals surface area contributed by atoms with Gasteiger partial charge >= 0.3 is 11.9 Å². The Balaban J connectivity index is 0.000000487. The summed E-state index contributed by atoms with van der Waals surface area (Å²) in [5, 5.41) is 18.5. The molecule has 0 aromatic heterocycles. The van der Waals surface area contributed by atoms with Gasteiger partial charge in [0, 0.05) is 13.0 Å². The number of likely N-dealkylation sites (tertiary alicyclic amines) is 1. The number of anilines is 1. The molecule has 1 heterocycles. The van der Waals surface area contributed by atoms with Gasteiger partial charge in [0.15, 0.2) is 0 Å². The van der Waals surface area contributed by atoms with Crippen molar-refractivity contribution in [2.45, 2.75) is 26.2 Å². The molecule has 7 nitrogen and oxygen atoms in total. The van der Waals surface area contributed by atoms with Crippen LogP contribution < -0.4 is 5.32 Å². The van der Waals surface area contributed by atoms with Crippen molar-refractivity contribution in [3.63, 3.8) is 0 Å². The van der Waals surface area contributed by atoms with Crippen molar-refractivity contribution >= 4 is 46.7 Å². The molecular weight excluding hydrogens is 383 g/mol. The molecule has 1 aliphatic heterocycles. The molecule has 2 rings (SSSR count). The van der Waals surface area contributed by atoms with E-state index in [9.17, 15) is 4.79 Å². The maximum Gasteiger partial charge on any atom is 0.414 e. The lowest BCUT2D eigenvalue weighted by atomic mass is 9.99. The van der Waals surface area contributed by atoms with E-state index in [1.54, 1.807) is 18.2 Å². The molecule has 144 valence electrons. The van der Waals surface area contributed by atoms with Gasteiger partial charge in [-0.1, -0.05) is 36.2 Å². The number of hydrogen-bond acceptors (Lipinski definition) is 4. The van der Waals surface area contributed by atoms with Crippen LogP contribution in [0.1, 0.15) is 26.2 Å². The number of benzene rings is 1. The van der Waals surface area contributed by atoms with Gasteiger partial charge in [0.25, 0.3) is 0 Å². The summed E-state index contributed by atoms with van der Waals surface area (Å²) in [4.78, 5) is 32.5. The van der Waals surface area contributed by atoms with E-state index in [0.717, 1.165) is 25.6 Å². The summed E-state index contributed by atoms with van der Waals surface area (Å²) in [5.41, 5.74) is 0.507. The van der Waals surface area contributed by atoms with E-state index in [-0.39, 0.29) is 5.91 Å². The highest BCUT2D eigenvalue weighted by Gasteiger charge is 2.17. The monoisotopic (exact) mass is 404 g/mol. The molecule has 3 N–H and O–H groups in total. The number of carboxylic acids is 2. The molecule has 26 heavy (non-hydrogen) atoms. The summed E-state index contributed by atoms with van der Waals surface area (Å²) in [5.74, 6) is -2.88. The zero-order valence-electron chi connectivity index (χ0n) is 14.4. The van der Waals surface area contributed by atoms with Crippen LogP contribution in [0.2, 0.25) is 10.0 Å². The molecule has 0 aliphatic carbocycles. The van der Waals surface area contributed by atoms with Gasteiger partial charge in [-0.2, -0.15) is 0 Å². The predicted molar refractivity (Wildman–Crippen MR) is 99.8 cm³/mol. The Morgan fingerprint density at radius 2 is 1.62 bits per heavy atom. The van der Waals surface area contributed by atoms with E-state index >= 15 is 0 Å². The minimum absolute atomic E-state index is 0.0429. The largest absolute Gasteiger partial charge is 0.473 e. The number of aliphatic carboxylic acids is 2. The van der Waals surface area contributed by atoms with Crippen LogP contribution in [-0.2, 0) is 14.4 Å². The molecule has 1 aromatic carbocycles. The normalized spacial score (nSPS) is 14.9. The number of para-hydroxylation sites is 1. The summed E-state index contributed by atoms with van der Waals surface area (Å²) in [6.45, 7) is 5.24. The maximum absolute atomic E-state index is 12.0. The lowest BCUT2D eigenvalue weighted by Crippen LogP contribution is -2.35. The van der Waals surface area contributed by atoms with Crippen molar-refractivity contribution in [1.82, 2.24) is 4.90 Å². The first-order valence-electron chi connectivity index (χ1n) is 8.13. The topological polar surface area (TPSA) is 107 Å². The van der Waals surface area contributed by atoms with E-state index in [0.29, 0.717) is 22.2 Å².